The van der Waals surface area contributed by atoms with E-state index in [4.69, 9.17) is 11.1 Å². The van der Waals surface area contributed by atoms with Gasteiger partial charge in [-0.1, -0.05) is 11.6 Å². The topological polar surface area (TPSA) is 136 Å². The summed E-state index contributed by atoms with van der Waals surface area (Å²) >= 11 is 0. The lowest BCUT2D eigenvalue weighted by Gasteiger charge is -2.17. The molecule has 0 aliphatic carbocycles. The van der Waals surface area contributed by atoms with Gasteiger partial charge in [0.25, 0.3) is 5.91 Å². The molecule has 1 amide bonds. The Hall–Kier alpha value is -3.17. The Balaban J connectivity index is 1.87. The number of carbonyl (C=O) groups excluding carboxylic acids is 1. The van der Waals surface area contributed by atoms with E-state index < -0.39 is 11.9 Å². The highest BCUT2D eigenvalue weighted by atomic mass is 19.1. The standard InChI is InChI=1S/C20H25FN6O2/c1-13-2-4-17(27-26-9-7-22)16(10-13)20(29)24-8-6-15(23)11-19(28)18-5-3-14(21)12-25-18/h2-5,7,9-10,12,15,19,22,27-28H,6,8,11,23H2,1H3,(H,24,29)/b22-7?,26-9-. The lowest BCUT2D eigenvalue weighted by Crippen LogP contribution is -2.31. The summed E-state index contributed by atoms with van der Waals surface area (Å²) in [6.45, 7) is 2.20. The molecule has 0 saturated carbocycles. The zero-order valence-electron chi connectivity index (χ0n) is 16.1. The SMILES string of the molecule is Cc1ccc(N/N=C\C=N)c(C(=O)NCCC(N)CC(O)c2ccc(F)cn2)c1. The molecular formula is C20H25FN6O2. The number of halogens is 1. The Labute approximate surface area is 168 Å². The van der Waals surface area contributed by atoms with Crippen LogP contribution in [0.2, 0.25) is 0 Å². The van der Waals surface area contributed by atoms with Crippen molar-refractivity contribution in [3.8, 4) is 0 Å². The second kappa shape index (κ2) is 11.0. The number of aliphatic hydroxyl groups is 1. The third-order valence-corrected chi connectivity index (χ3v) is 4.17. The lowest BCUT2D eigenvalue weighted by atomic mass is 10.0. The van der Waals surface area contributed by atoms with Gasteiger partial charge in [-0.05, 0) is 44.0 Å². The molecule has 2 rings (SSSR count). The molecule has 2 unspecified atom stereocenters. The first-order chi connectivity index (χ1) is 13.9. The normalized spacial score (nSPS) is 13.1. The van der Waals surface area contributed by atoms with Crippen LogP contribution >= 0.6 is 0 Å². The lowest BCUT2D eigenvalue weighted by molar-refractivity contribution is 0.0952. The Morgan fingerprint density at radius 2 is 2.21 bits per heavy atom. The van der Waals surface area contributed by atoms with Crippen LogP contribution in [0.15, 0.2) is 41.6 Å². The van der Waals surface area contributed by atoms with E-state index in [2.05, 4.69) is 20.8 Å². The van der Waals surface area contributed by atoms with Crippen molar-refractivity contribution in [1.82, 2.24) is 10.3 Å². The first-order valence-corrected chi connectivity index (χ1v) is 9.12. The van der Waals surface area contributed by atoms with Gasteiger partial charge < -0.3 is 21.6 Å². The molecule has 2 atom stereocenters. The van der Waals surface area contributed by atoms with E-state index in [1.165, 1.54) is 18.3 Å². The molecule has 0 spiro atoms. The number of rotatable bonds is 10. The molecular weight excluding hydrogens is 375 g/mol. The van der Waals surface area contributed by atoms with Crippen LogP contribution in [0.25, 0.3) is 0 Å². The Morgan fingerprint density at radius 3 is 2.90 bits per heavy atom. The van der Waals surface area contributed by atoms with Crippen LogP contribution in [0.3, 0.4) is 0 Å². The van der Waals surface area contributed by atoms with Gasteiger partial charge in [-0.25, -0.2) is 4.39 Å². The zero-order chi connectivity index (χ0) is 21.2. The van der Waals surface area contributed by atoms with Crippen molar-refractivity contribution in [3.63, 3.8) is 0 Å². The van der Waals surface area contributed by atoms with Crippen LogP contribution < -0.4 is 16.5 Å². The number of nitrogens with two attached hydrogens (primary N) is 1. The number of aryl methyl sites for hydroxylation is 1. The molecule has 9 heteroatoms. The second-order valence-electron chi connectivity index (χ2n) is 6.56. The molecule has 0 aliphatic heterocycles. The molecule has 0 radical (unpaired) electrons. The predicted octanol–water partition coefficient (Wildman–Crippen LogP) is 2.15. The van der Waals surface area contributed by atoms with Crippen molar-refractivity contribution in [2.45, 2.75) is 31.9 Å². The van der Waals surface area contributed by atoms with Crippen molar-refractivity contribution in [3.05, 3.63) is 59.2 Å². The maximum absolute atomic E-state index is 12.9. The molecule has 0 fully saturated rings. The smallest absolute Gasteiger partial charge is 0.253 e. The fourth-order valence-electron chi connectivity index (χ4n) is 2.66. The first-order valence-electron chi connectivity index (χ1n) is 9.12. The van der Waals surface area contributed by atoms with E-state index in [0.29, 0.717) is 29.9 Å². The van der Waals surface area contributed by atoms with Crippen LogP contribution in [0.1, 0.15) is 40.6 Å². The van der Waals surface area contributed by atoms with Crippen molar-refractivity contribution >= 4 is 24.0 Å². The van der Waals surface area contributed by atoms with Crippen LogP contribution in [-0.2, 0) is 0 Å². The summed E-state index contributed by atoms with van der Waals surface area (Å²) in [6.07, 6.45) is 3.12. The Kier molecular flexibility index (Phi) is 8.38. The van der Waals surface area contributed by atoms with Gasteiger partial charge in [0.05, 0.1) is 35.5 Å². The molecule has 1 aromatic carbocycles. The fourth-order valence-corrected chi connectivity index (χ4v) is 2.66. The molecule has 1 aromatic heterocycles. The highest BCUT2D eigenvalue weighted by molar-refractivity contribution is 6.14. The fraction of sp³-hybridized carbons (Fsp3) is 0.300. The average molecular weight is 400 g/mol. The number of carbonyl (C=O) groups is 1. The van der Waals surface area contributed by atoms with E-state index in [9.17, 15) is 14.3 Å². The second-order valence-corrected chi connectivity index (χ2v) is 6.56. The quantitative estimate of drug-likeness (QED) is 0.307. The van der Waals surface area contributed by atoms with Crippen LogP contribution in [0.4, 0.5) is 10.1 Å². The summed E-state index contributed by atoms with van der Waals surface area (Å²) in [6, 6.07) is 7.60. The molecule has 6 N–H and O–H groups in total. The monoisotopic (exact) mass is 400 g/mol. The minimum atomic E-state index is -0.902. The number of benzene rings is 1. The molecule has 29 heavy (non-hydrogen) atoms. The van der Waals surface area contributed by atoms with Gasteiger partial charge in [0.1, 0.15) is 5.82 Å². The summed E-state index contributed by atoms with van der Waals surface area (Å²) in [7, 11) is 0. The van der Waals surface area contributed by atoms with Gasteiger partial charge in [-0.3, -0.25) is 15.2 Å². The number of nitrogens with one attached hydrogen (secondary N) is 3. The highest BCUT2D eigenvalue weighted by Gasteiger charge is 2.16. The highest BCUT2D eigenvalue weighted by Crippen LogP contribution is 2.18. The summed E-state index contributed by atoms with van der Waals surface area (Å²) < 4.78 is 12.9. The van der Waals surface area contributed by atoms with Crippen molar-refractivity contribution in [2.75, 3.05) is 12.0 Å². The summed E-state index contributed by atoms with van der Waals surface area (Å²) in [5.74, 6) is -0.754. The summed E-state index contributed by atoms with van der Waals surface area (Å²) in [5, 5.41) is 23.7. The van der Waals surface area contributed by atoms with Crippen molar-refractivity contribution < 1.29 is 14.3 Å². The summed E-state index contributed by atoms with van der Waals surface area (Å²) in [4.78, 5) is 16.4. The van der Waals surface area contributed by atoms with Gasteiger partial charge in [0, 0.05) is 18.8 Å². The minimum Gasteiger partial charge on any atom is -0.387 e. The van der Waals surface area contributed by atoms with Gasteiger partial charge in [0.2, 0.25) is 0 Å². The maximum atomic E-state index is 12.9. The number of anilines is 1. The molecule has 0 bridgehead atoms. The molecule has 0 aliphatic rings. The van der Waals surface area contributed by atoms with Crippen LogP contribution in [-0.4, -0.2) is 41.0 Å². The Bertz CT molecular complexity index is 857. The van der Waals surface area contributed by atoms with Gasteiger partial charge >= 0.3 is 0 Å². The number of nitrogens with zero attached hydrogens (tertiary/aromatic N) is 2. The predicted molar refractivity (Wildman–Crippen MR) is 111 cm³/mol. The largest absolute Gasteiger partial charge is 0.387 e. The molecule has 2 aromatic rings. The van der Waals surface area contributed by atoms with Crippen LogP contribution in [0.5, 0.6) is 0 Å². The van der Waals surface area contributed by atoms with Crippen molar-refractivity contribution in [1.29, 1.82) is 5.41 Å². The van der Waals surface area contributed by atoms with Gasteiger partial charge in [-0.15, -0.1) is 0 Å². The van der Waals surface area contributed by atoms with Crippen molar-refractivity contribution in [2.24, 2.45) is 10.8 Å². The summed E-state index contributed by atoms with van der Waals surface area (Å²) in [5.41, 5.74) is 11.0. The molecule has 0 saturated heterocycles. The third-order valence-electron chi connectivity index (χ3n) is 4.17. The number of hydrogen-bond donors (Lipinski definition) is 5. The van der Waals surface area contributed by atoms with E-state index in [0.717, 1.165) is 18.0 Å². The van der Waals surface area contributed by atoms with Crippen LogP contribution in [0, 0.1) is 18.2 Å². The number of hydrogen-bond acceptors (Lipinski definition) is 7. The number of pyridine rings is 1. The number of hydrazone groups is 1. The third kappa shape index (κ3) is 7.05. The number of aromatic nitrogens is 1. The number of aliphatic hydroxyl groups excluding tert-OH is 1. The maximum Gasteiger partial charge on any atom is 0.253 e. The molecule has 8 nitrogen and oxygen atoms in total. The molecule has 154 valence electrons. The number of amides is 1. The van der Waals surface area contributed by atoms with E-state index in [1.54, 1.807) is 12.1 Å². The first kappa shape index (κ1) is 22.1. The molecule has 1 heterocycles. The minimum absolute atomic E-state index is 0.240. The van der Waals surface area contributed by atoms with E-state index in [-0.39, 0.29) is 18.4 Å². The van der Waals surface area contributed by atoms with Gasteiger partial charge in [-0.2, -0.15) is 5.10 Å². The van der Waals surface area contributed by atoms with Gasteiger partial charge in [0.15, 0.2) is 0 Å². The average Bonchev–Trinajstić information content (AvgIpc) is 2.69. The van der Waals surface area contributed by atoms with E-state index in [1.807, 2.05) is 13.0 Å². The Morgan fingerprint density at radius 1 is 1.41 bits per heavy atom. The van der Waals surface area contributed by atoms with E-state index >= 15 is 0 Å². The zero-order valence-corrected chi connectivity index (χ0v) is 16.1.